The summed E-state index contributed by atoms with van der Waals surface area (Å²) in [7, 11) is 0. The highest BCUT2D eigenvalue weighted by Crippen LogP contribution is 2.29. The second-order valence-corrected chi connectivity index (χ2v) is 6.65. The number of nitrogens with one attached hydrogen (secondary N) is 1. The van der Waals surface area contributed by atoms with Crippen LogP contribution in [-0.2, 0) is 17.4 Å². The largest absolute Gasteiger partial charge is 0.433 e. The van der Waals surface area contributed by atoms with Crippen LogP contribution >= 0.6 is 0 Å². The lowest BCUT2D eigenvalue weighted by molar-refractivity contribution is -0.141. The molecule has 0 unspecified atom stereocenters. The minimum absolute atomic E-state index is 0.106. The van der Waals surface area contributed by atoms with Crippen LogP contribution in [0.5, 0.6) is 0 Å². The second kappa shape index (κ2) is 9.15. The molecular weight excluding hydrogens is 391 g/mol. The SMILES string of the molecule is CCCc1nc(C(F)(F)F)ccc1/C=C/C(=O)N[C@H](C)c1cc(F)c(C)c(F)c1. The molecule has 0 aliphatic heterocycles. The summed E-state index contributed by atoms with van der Waals surface area (Å²) in [6.45, 7) is 4.69. The van der Waals surface area contributed by atoms with E-state index in [4.69, 9.17) is 0 Å². The maximum absolute atomic E-state index is 13.7. The predicted molar refractivity (Wildman–Crippen MR) is 99.9 cm³/mol. The van der Waals surface area contributed by atoms with E-state index in [0.29, 0.717) is 18.4 Å². The molecule has 2 aromatic rings. The second-order valence-electron chi connectivity index (χ2n) is 6.65. The zero-order chi connectivity index (χ0) is 21.8. The molecule has 1 atom stereocenters. The maximum Gasteiger partial charge on any atom is 0.433 e. The molecule has 156 valence electrons. The number of hydrogen-bond acceptors (Lipinski definition) is 2. The van der Waals surface area contributed by atoms with E-state index in [9.17, 15) is 26.7 Å². The van der Waals surface area contributed by atoms with Crippen molar-refractivity contribution >= 4 is 12.0 Å². The lowest BCUT2D eigenvalue weighted by atomic mass is 10.0. The standard InChI is InChI=1S/C21H21F5N2O/c1-4-5-18-14(6-8-19(28-18)21(24,25)26)7-9-20(29)27-13(3)15-10-16(22)12(2)17(23)11-15/h6-11,13H,4-5H2,1-3H3,(H,27,29)/b9-7+/t13-/m1/s1. The molecule has 1 aromatic heterocycles. The van der Waals surface area contributed by atoms with E-state index in [1.807, 2.05) is 6.92 Å². The van der Waals surface area contributed by atoms with E-state index < -0.39 is 35.5 Å². The Morgan fingerprint density at radius 2 is 1.83 bits per heavy atom. The number of amides is 1. The van der Waals surface area contributed by atoms with Gasteiger partial charge in [-0.3, -0.25) is 4.79 Å². The van der Waals surface area contributed by atoms with Crippen molar-refractivity contribution in [1.82, 2.24) is 10.3 Å². The van der Waals surface area contributed by atoms with Crippen molar-refractivity contribution in [3.63, 3.8) is 0 Å². The van der Waals surface area contributed by atoms with Crippen molar-refractivity contribution < 1.29 is 26.7 Å². The van der Waals surface area contributed by atoms with Gasteiger partial charge in [-0.05, 0) is 55.7 Å². The topological polar surface area (TPSA) is 42.0 Å². The van der Waals surface area contributed by atoms with Gasteiger partial charge >= 0.3 is 6.18 Å². The zero-order valence-corrected chi connectivity index (χ0v) is 16.2. The van der Waals surface area contributed by atoms with Gasteiger partial charge in [-0.25, -0.2) is 13.8 Å². The molecule has 29 heavy (non-hydrogen) atoms. The van der Waals surface area contributed by atoms with E-state index in [1.54, 1.807) is 6.92 Å². The Kier molecular flexibility index (Phi) is 7.11. The molecule has 2 rings (SSSR count). The van der Waals surface area contributed by atoms with Gasteiger partial charge in [0.1, 0.15) is 17.3 Å². The molecule has 3 nitrogen and oxygen atoms in total. The van der Waals surface area contributed by atoms with E-state index >= 15 is 0 Å². The van der Waals surface area contributed by atoms with Crippen molar-refractivity contribution in [2.45, 2.75) is 45.8 Å². The molecule has 0 fully saturated rings. The summed E-state index contributed by atoms with van der Waals surface area (Å²) in [6, 6.07) is 3.74. The van der Waals surface area contributed by atoms with Crippen LogP contribution in [0.25, 0.3) is 6.08 Å². The van der Waals surface area contributed by atoms with Crippen molar-refractivity contribution in [3.05, 3.63) is 70.1 Å². The Hall–Kier alpha value is -2.77. The molecule has 8 heteroatoms. The smallest absolute Gasteiger partial charge is 0.346 e. The number of carbonyl (C=O) groups is 1. The van der Waals surface area contributed by atoms with Gasteiger partial charge in [-0.2, -0.15) is 13.2 Å². The van der Waals surface area contributed by atoms with Crippen LogP contribution < -0.4 is 5.32 Å². The molecular formula is C21H21F5N2O. The van der Waals surface area contributed by atoms with Crippen LogP contribution in [0.15, 0.2) is 30.3 Å². The highest BCUT2D eigenvalue weighted by Gasteiger charge is 2.32. The number of pyridine rings is 1. The Labute approximate surface area is 165 Å². The zero-order valence-electron chi connectivity index (χ0n) is 16.2. The molecule has 0 aliphatic rings. The molecule has 1 amide bonds. The van der Waals surface area contributed by atoms with Gasteiger partial charge < -0.3 is 5.32 Å². The van der Waals surface area contributed by atoms with Crippen LogP contribution in [0, 0.1) is 18.6 Å². The number of carbonyl (C=O) groups excluding carboxylic acids is 1. The molecule has 0 saturated heterocycles. The number of rotatable bonds is 6. The summed E-state index contributed by atoms with van der Waals surface area (Å²) in [5.41, 5.74) is -0.197. The van der Waals surface area contributed by atoms with E-state index in [0.717, 1.165) is 24.3 Å². The van der Waals surface area contributed by atoms with Crippen molar-refractivity contribution in [1.29, 1.82) is 0 Å². The van der Waals surface area contributed by atoms with Crippen molar-refractivity contribution in [3.8, 4) is 0 Å². The molecule has 0 spiro atoms. The first-order chi connectivity index (χ1) is 13.5. The lowest BCUT2D eigenvalue weighted by Gasteiger charge is -2.14. The minimum atomic E-state index is -4.55. The Morgan fingerprint density at radius 3 is 2.38 bits per heavy atom. The number of hydrogen-bond donors (Lipinski definition) is 1. The van der Waals surface area contributed by atoms with E-state index in [-0.39, 0.29) is 16.8 Å². The molecule has 0 radical (unpaired) electrons. The third-order valence-electron chi connectivity index (χ3n) is 4.36. The summed E-state index contributed by atoms with van der Waals surface area (Å²) in [5, 5.41) is 2.57. The number of aryl methyl sites for hydroxylation is 1. The fraction of sp³-hybridized carbons (Fsp3) is 0.333. The first-order valence-corrected chi connectivity index (χ1v) is 9.04. The summed E-state index contributed by atoms with van der Waals surface area (Å²) in [6.07, 6.45) is -1.11. The summed E-state index contributed by atoms with van der Waals surface area (Å²) >= 11 is 0. The van der Waals surface area contributed by atoms with Crippen molar-refractivity contribution in [2.24, 2.45) is 0 Å². The van der Waals surface area contributed by atoms with Gasteiger partial charge in [0, 0.05) is 17.3 Å². The third-order valence-corrected chi connectivity index (χ3v) is 4.36. The summed E-state index contributed by atoms with van der Waals surface area (Å²) < 4.78 is 65.9. The first-order valence-electron chi connectivity index (χ1n) is 9.04. The number of nitrogens with zero attached hydrogens (tertiary/aromatic N) is 1. The summed E-state index contributed by atoms with van der Waals surface area (Å²) in [4.78, 5) is 15.8. The molecule has 0 saturated carbocycles. The normalized spacial score (nSPS) is 13.0. The highest BCUT2D eigenvalue weighted by atomic mass is 19.4. The minimum Gasteiger partial charge on any atom is -0.346 e. The predicted octanol–water partition coefficient (Wildman–Crippen LogP) is 5.53. The Balaban J connectivity index is 2.16. The van der Waals surface area contributed by atoms with Gasteiger partial charge in [0.05, 0.1) is 6.04 Å². The molecule has 1 N–H and O–H groups in total. The van der Waals surface area contributed by atoms with Gasteiger partial charge in [-0.1, -0.05) is 19.4 Å². The Morgan fingerprint density at radius 1 is 1.21 bits per heavy atom. The Bertz CT molecular complexity index is 899. The van der Waals surface area contributed by atoms with Gasteiger partial charge in [0.2, 0.25) is 5.91 Å². The number of benzene rings is 1. The average molecular weight is 412 g/mol. The van der Waals surface area contributed by atoms with Crippen LogP contribution in [0.3, 0.4) is 0 Å². The quantitative estimate of drug-likeness (QED) is 0.501. The third kappa shape index (κ3) is 5.85. The monoisotopic (exact) mass is 412 g/mol. The maximum atomic E-state index is 13.7. The van der Waals surface area contributed by atoms with Gasteiger partial charge in [0.25, 0.3) is 0 Å². The van der Waals surface area contributed by atoms with Crippen LogP contribution in [-0.4, -0.2) is 10.9 Å². The highest BCUT2D eigenvalue weighted by molar-refractivity contribution is 5.92. The van der Waals surface area contributed by atoms with Crippen LogP contribution in [0.2, 0.25) is 0 Å². The molecule has 0 aliphatic carbocycles. The first kappa shape index (κ1) is 22.5. The molecule has 1 aromatic carbocycles. The van der Waals surface area contributed by atoms with Crippen LogP contribution in [0.1, 0.15) is 54.4 Å². The van der Waals surface area contributed by atoms with E-state index in [1.165, 1.54) is 19.1 Å². The fourth-order valence-corrected chi connectivity index (χ4v) is 2.68. The van der Waals surface area contributed by atoms with Crippen LogP contribution in [0.4, 0.5) is 22.0 Å². The summed E-state index contributed by atoms with van der Waals surface area (Å²) in [5.74, 6) is -1.98. The van der Waals surface area contributed by atoms with E-state index in [2.05, 4.69) is 10.3 Å². The van der Waals surface area contributed by atoms with Crippen molar-refractivity contribution in [2.75, 3.05) is 0 Å². The lowest BCUT2D eigenvalue weighted by Crippen LogP contribution is -2.25. The number of halogens is 5. The number of alkyl halides is 3. The molecule has 0 bridgehead atoms. The average Bonchev–Trinajstić information content (AvgIpc) is 2.64. The van der Waals surface area contributed by atoms with Gasteiger partial charge in [0.15, 0.2) is 0 Å². The fourth-order valence-electron chi connectivity index (χ4n) is 2.68. The number of aromatic nitrogens is 1. The molecule has 1 heterocycles. The van der Waals surface area contributed by atoms with Gasteiger partial charge in [-0.15, -0.1) is 0 Å².